The predicted octanol–water partition coefficient (Wildman–Crippen LogP) is 0.979. The van der Waals surface area contributed by atoms with Crippen LogP contribution in [-0.2, 0) is 4.79 Å². The van der Waals surface area contributed by atoms with Crippen molar-refractivity contribution < 1.29 is 9.90 Å². The van der Waals surface area contributed by atoms with Gasteiger partial charge in [-0.3, -0.25) is 4.79 Å². The Kier molecular flexibility index (Phi) is 2.18. The summed E-state index contributed by atoms with van der Waals surface area (Å²) in [4.78, 5) is 10.8. The van der Waals surface area contributed by atoms with Gasteiger partial charge in [-0.25, -0.2) is 0 Å². The van der Waals surface area contributed by atoms with Gasteiger partial charge in [0.1, 0.15) is 0 Å². The topological polar surface area (TPSA) is 63.3 Å². The second-order valence-electron chi connectivity index (χ2n) is 3.44. The number of aliphatic carboxylic acids is 1. The van der Waals surface area contributed by atoms with Crippen LogP contribution in [0.1, 0.15) is 32.6 Å². The molecule has 0 aromatic heterocycles. The molecule has 1 fully saturated rings. The molecule has 0 aliphatic heterocycles. The van der Waals surface area contributed by atoms with Gasteiger partial charge in [0.15, 0.2) is 0 Å². The molecular formula is C8H15NO2. The van der Waals surface area contributed by atoms with Gasteiger partial charge in [0.05, 0.1) is 5.41 Å². The van der Waals surface area contributed by atoms with Gasteiger partial charge in [-0.1, -0.05) is 6.92 Å². The standard InChI is InChI=1S/C8H15NO2/c1-2-8(7(10)11)4-3-6(9)5-8/h6H,2-5,9H2,1H3,(H,10,11)/t6-,8+/m1/s1. The van der Waals surface area contributed by atoms with Crippen molar-refractivity contribution >= 4 is 5.97 Å². The Morgan fingerprint density at radius 3 is 2.64 bits per heavy atom. The maximum atomic E-state index is 10.8. The molecule has 0 aromatic carbocycles. The van der Waals surface area contributed by atoms with E-state index in [0.717, 1.165) is 12.8 Å². The van der Waals surface area contributed by atoms with Crippen molar-refractivity contribution in [2.75, 3.05) is 0 Å². The molecular weight excluding hydrogens is 142 g/mol. The summed E-state index contributed by atoms with van der Waals surface area (Å²) in [5.41, 5.74) is 5.16. The SMILES string of the molecule is CC[C@]1(C(=O)O)CC[C@@H](N)C1. The molecule has 0 amide bonds. The number of carboxylic acid groups (broad SMARTS) is 1. The zero-order valence-electron chi connectivity index (χ0n) is 6.84. The first-order chi connectivity index (χ1) is 5.10. The summed E-state index contributed by atoms with van der Waals surface area (Å²) >= 11 is 0. The molecule has 0 unspecified atom stereocenters. The zero-order valence-corrected chi connectivity index (χ0v) is 6.84. The van der Waals surface area contributed by atoms with Gasteiger partial charge in [-0.15, -0.1) is 0 Å². The Labute approximate surface area is 66.6 Å². The van der Waals surface area contributed by atoms with Crippen LogP contribution in [0.5, 0.6) is 0 Å². The van der Waals surface area contributed by atoms with Crippen LogP contribution in [0, 0.1) is 5.41 Å². The fourth-order valence-electron chi connectivity index (χ4n) is 1.83. The Balaban J connectivity index is 2.70. The third kappa shape index (κ3) is 1.38. The number of carboxylic acids is 1. The van der Waals surface area contributed by atoms with Crippen molar-refractivity contribution in [2.45, 2.75) is 38.6 Å². The number of hydrogen-bond acceptors (Lipinski definition) is 2. The van der Waals surface area contributed by atoms with Gasteiger partial charge in [-0.05, 0) is 25.7 Å². The minimum Gasteiger partial charge on any atom is -0.481 e. The molecule has 3 nitrogen and oxygen atoms in total. The first-order valence-electron chi connectivity index (χ1n) is 4.10. The maximum Gasteiger partial charge on any atom is 0.309 e. The van der Waals surface area contributed by atoms with Gasteiger partial charge in [0.2, 0.25) is 0 Å². The van der Waals surface area contributed by atoms with Crippen molar-refractivity contribution in [2.24, 2.45) is 11.1 Å². The molecule has 2 atom stereocenters. The lowest BCUT2D eigenvalue weighted by molar-refractivity contribution is -0.148. The van der Waals surface area contributed by atoms with Gasteiger partial charge >= 0.3 is 5.97 Å². The Bertz CT molecular complexity index is 169. The van der Waals surface area contributed by atoms with Crippen LogP contribution in [0.25, 0.3) is 0 Å². The molecule has 0 radical (unpaired) electrons. The summed E-state index contributed by atoms with van der Waals surface area (Å²) in [7, 11) is 0. The average molecular weight is 157 g/mol. The normalized spacial score (nSPS) is 37.5. The van der Waals surface area contributed by atoms with E-state index in [1.165, 1.54) is 0 Å². The molecule has 0 spiro atoms. The lowest BCUT2D eigenvalue weighted by atomic mass is 9.83. The van der Waals surface area contributed by atoms with Crippen molar-refractivity contribution in [3.63, 3.8) is 0 Å². The van der Waals surface area contributed by atoms with Crippen LogP contribution in [0.3, 0.4) is 0 Å². The first kappa shape index (κ1) is 8.53. The molecule has 0 heterocycles. The number of carbonyl (C=O) groups is 1. The third-order valence-corrected chi connectivity index (χ3v) is 2.78. The van der Waals surface area contributed by atoms with Gasteiger partial charge in [0, 0.05) is 6.04 Å². The van der Waals surface area contributed by atoms with E-state index in [1.54, 1.807) is 0 Å². The zero-order chi connectivity index (χ0) is 8.48. The van der Waals surface area contributed by atoms with Crippen LogP contribution in [0.15, 0.2) is 0 Å². The van der Waals surface area contributed by atoms with Crippen LogP contribution in [0.2, 0.25) is 0 Å². The number of hydrogen-bond donors (Lipinski definition) is 2. The fraction of sp³-hybridized carbons (Fsp3) is 0.875. The number of nitrogens with two attached hydrogens (primary N) is 1. The van der Waals surface area contributed by atoms with Crippen molar-refractivity contribution in [3.05, 3.63) is 0 Å². The molecule has 1 saturated carbocycles. The van der Waals surface area contributed by atoms with Gasteiger partial charge in [-0.2, -0.15) is 0 Å². The Hall–Kier alpha value is -0.570. The second kappa shape index (κ2) is 2.81. The summed E-state index contributed by atoms with van der Waals surface area (Å²) in [6.45, 7) is 1.92. The van der Waals surface area contributed by atoms with Gasteiger partial charge in [0.25, 0.3) is 0 Å². The van der Waals surface area contributed by atoms with Crippen molar-refractivity contribution in [1.82, 2.24) is 0 Å². The highest BCUT2D eigenvalue weighted by Crippen LogP contribution is 2.40. The minimum atomic E-state index is -0.673. The molecule has 0 bridgehead atoms. The van der Waals surface area contributed by atoms with E-state index in [1.807, 2.05) is 6.92 Å². The number of rotatable bonds is 2. The molecule has 1 aliphatic carbocycles. The molecule has 64 valence electrons. The van der Waals surface area contributed by atoms with E-state index >= 15 is 0 Å². The molecule has 3 N–H and O–H groups in total. The minimum absolute atomic E-state index is 0.103. The molecule has 1 aliphatic rings. The largest absolute Gasteiger partial charge is 0.481 e. The first-order valence-corrected chi connectivity index (χ1v) is 4.10. The molecule has 11 heavy (non-hydrogen) atoms. The summed E-state index contributed by atoms with van der Waals surface area (Å²) < 4.78 is 0. The summed E-state index contributed by atoms with van der Waals surface area (Å²) in [6, 6.07) is 0.103. The fourth-order valence-corrected chi connectivity index (χ4v) is 1.83. The molecule has 0 saturated heterocycles. The van der Waals surface area contributed by atoms with E-state index in [4.69, 9.17) is 10.8 Å². The van der Waals surface area contributed by atoms with Crippen molar-refractivity contribution in [1.29, 1.82) is 0 Å². The highest BCUT2D eigenvalue weighted by Gasteiger charge is 2.42. The maximum absolute atomic E-state index is 10.8. The van der Waals surface area contributed by atoms with Crippen LogP contribution >= 0.6 is 0 Å². The molecule has 0 aromatic rings. The quantitative estimate of drug-likeness (QED) is 0.628. The van der Waals surface area contributed by atoms with E-state index in [-0.39, 0.29) is 6.04 Å². The highest BCUT2D eigenvalue weighted by molar-refractivity contribution is 5.75. The Morgan fingerprint density at radius 2 is 2.45 bits per heavy atom. The van der Waals surface area contributed by atoms with E-state index in [9.17, 15) is 4.79 Å². The average Bonchev–Trinajstić information content (AvgIpc) is 2.33. The third-order valence-electron chi connectivity index (χ3n) is 2.78. The monoisotopic (exact) mass is 157 g/mol. The van der Waals surface area contributed by atoms with Crippen LogP contribution in [-0.4, -0.2) is 17.1 Å². The predicted molar refractivity (Wildman–Crippen MR) is 42.2 cm³/mol. The lowest BCUT2D eigenvalue weighted by Crippen LogP contribution is -2.29. The summed E-state index contributed by atoms with van der Waals surface area (Å²) in [6.07, 6.45) is 2.97. The van der Waals surface area contributed by atoms with Crippen LogP contribution in [0.4, 0.5) is 0 Å². The lowest BCUT2D eigenvalue weighted by Gasteiger charge is -2.21. The van der Waals surface area contributed by atoms with Crippen LogP contribution < -0.4 is 5.73 Å². The van der Waals surface area contributed by atoms with E-state index in [2.05, 4.69) is 0 Å². The molecule has 1 rings (SSSR count). The van der Waals surface area contributed by atoms with E-state index < -0.39 is 11.4 Å². The highest BCUT2D eigenvalue weighted by atomic mass is 16.4. The summed E-state index contributed by atoms with van der Waals surface area (Å²) in [5, 5.41) is 8.93. The van der Waals surface area contributed by atoms with Crippen molar-refractivity contribution in [3.8, 4) is 0 Å². The van der Waals surface area contributed by atoms with Gasteiger partial charge < -0.3 is 10.8 Å². The molecule has 3 heteroatoms. The Morgan fingerprint density at radius 1 is 1.82 bits per heavy atom. The summed E-state index contributed by atoms with van der Waals surface area (Å²) in [5.74, 6) is -0.673. The van der Waals surface area contributed by atoms with E-state index in [0.29, 0.717) is 12.8 Å². The smallest absolute Gasteiger partial charge is 0.309 e. The second-order valence-corrected chi connectivity index (χ2v) is 3.44.